The van der Waals surface area contributed by atoms with Gasteiger partial charge in [-0.2, -0.15) is 5.26 Å². The molecule has 1 aromatic heterocycles. The van der Waals surface area contributed by atoms with E-state index in [2.05, 4.69) is 30.1 Å². The van der Waals surface area contributed by atoms with Gasteiger partial charge in [-0.1, -0.05) is 71.3 Å². The largest absolute Gasteiger partial charge is 0.425 e. The van der Waals surface area contributed by atoms with Gasteiger partial charge in [0.15, 0.2) is 5.41 Å². The summed E-state index contributed by atoms with van der Waals surface area (Å²) in [5.74, 6) is -0.0549. The number of hydrogen-bond acceptors (Lipinski definition) is 4. The number of carbonyl (C=O) groups is 1. The molecule has 1 aromatic carbocycles. The number of aryl methyl sites for hydroxylation is 1. The number of nitriles is 1. The molecule has 0 fully saturated rings. The first-order valence-electron chi connectivity index (χ1n) is 12.2. The van der Waals surface area contributed by atoms with Gasteiger partial charge in [-0.05, 0) is 62.1 Å². The van der Waals surface area contributed by atoms with Crippen LogP contribution in [0.15, 0.2) is 42.6 Å². The molecule has 0 radical (unpaired) electrons. The number of benzene rings is 1. The zero-order chi connectivity index (χ0) is 23.2. The van der Waals surface area contributed by atoms with E-state index in [1.807, 2.05) is 25.3 Å². The van der Waals surface area contributed by atoms with Gasteiger partial charge < -0.3 is 4.74 Å². The number of rotatable bonds is 14. The lowest BCUT2D eigenvalue weighted by molar-refractivity contribution is -0.142. The third-order valence-corrected chi connectivity index (χ3v) is 5.95. The molecule has 172 valence electrons. The summed E-state index contributed by atoms with van der Waals surface area (Å²) < 4.78 is 5.44. The molecule has 4 heteroatoms. The molecule has 4 nitrogen and oxygen atoms in total. The highest BCUT2D eigenvalue weighted by Crippen LogP contribution is 2.27. The van der Waals surface area contributed by atoms with E-state index >= 15 is 0 Å². The van der Waals surface area contributed by atoms with Crippen molar-refractivity contribution in [2.75, 3.05) is 0 Å². The fourth-order valence-corrected chi connectivity index (χ4v) is 3.82. The number of pyridine rings is 1. The van der Waals surface area contributed by atoms with Crippen LogP contribution in [0.5, 0.6) is 5.75 Å². The molecule has 0 bridgehead atoms. The van der Waals surface area contributed by atoms with E-state index in [0.29, 0.717) is 12.2 Å². The van der Waals surface area contributed by atoms with Gasteiger partial charge in [0.1, 0.15) is 5.75 Å². The van der Waals surface area contributed by atoms with Crippen molar-refractivity contribution in [1.82, 2.24) is 4.98 Å². The fourth-order valence-electron chi connectivity index (χ4n) is 3.82. The van der Waals surface area contributed by atoms with Crippen molar-refractivity contribution in [3.8, 4) is 23.1 Å². The zero-order valence-electron chi connectivity index (χ0n) is 20.0. The van der Waals surface area contributed by atoms with E-state index in [-0.39, 0.29) is 0 Å². The van der Waals surface area contributed by atoms with E-state index < -0.39 is 11.4 Å². The predicted molar refractivity (Wildman–Crippen MR) is 130 cm³/mol. The minimum atomic E-state index is -1.11. The van der Waals surface area contributed by atoms with Crippen molar-refractivity contribution in [3.05, 3.63) is 48.2 Å². The van der Waals surface area contributed by atoms with E-state index in [0.717, 1.165) is 24.1 Å². The molecular weight excluding hydrogens is 396 g/mol. The van der Waals surface area contributed by atoms with Crippen molar-refractivity contribution >= 4 is 5.97 Å². The molecule has 1 atom stereocenters. The molecule has 0 saturated heterocycles. The second-order valence-electron chi connectivity index (χ2n) is 8.88. The van der Waals surface area contributed by atoms with E-state index in [9.17, 15) is 10.1 Å². The first-order chi connectivity index (χ1) is 15.5. The van der Waals surface area contributed by atoms with Crippen LogP contribution in [-0.2, 0) is 11.2 Å². The highest BCUT2D eigenvalue weighted by Gasteiger charge is 2.34. The lowest BCUT2D eigenvalue weighted by Gasteiger charge is -2.18. The summed E-state index contributed by atoms with van der Waals surface area (Å²) in [4.78, 5) is 17.0. The Kier molecular flexibility index (Phi) is 10.9. The van der Waals surface area contributed by atoms with Crippen molar-refractivity contribution in [1.29, 1.82) is 5.26 Å². The molecule has 1 heterocycles. The Morgan fingerprint density at radius 3 is 2.16 bits per heavy atom. The summed E-state index contributed by atoms with van der Waals surface area (Å²) in [5.41, 5.74) is 2.03. The monoisotopic (exact) mass is 434 g/mol. The van der Waals surface area contributed by atoms with Gasteiger partial charge in [-0.25, -0.2) is 4.79 Å². The average molecular weight is 435 g/mol. The van der Waals surface area contributed by atoms with Crippen LogP contribution in [0.3, 0.4) is 0 Å². The molecular formula is C28H38N2O2. The number of unbranched alkanes of at least 4 members (excludes halogenated alkanes) is 7. The number of aromatic nitrogens is 1. The van der Waals surface area contributed by atoms with Gasteiger partial charge in [-0.3, -0.25) is 4.98 Å². The Morgan fingerprint density at radius 1 is 0.938 bits per heavy atom. The standard InChI is InChI=1S/C28H38N2O2/c1-4-6-7-8-9-10-11-12-13-23-14-19-26(30-21-23)24-15-17-25(18-16-24)32-27(31)28(3,22-29)20-5-2/h14-19,21H,4-13,20H2,1-3H3. The maximum atomic E-state index is 12.4. The number of esters is 1. The molecule has 0 aliphatic heterocycles. The topological polar surface area (TPSA) is 63.0 Å². The Bertz CT molecular complexity index is 852. The molecule has 2 rings (SSSR count). The minimum absolute atomic E-state index is 0.447. The van der Waals surface area contributed by atoms with Crippen LogP contribution in [0.2, 0.25) is 0 Å². The molecule has 0 N–H and O–H groups in total. The van der Waals surface area contributed by atoms with Crippen LogP contribution in [-0.4, -0.2) is 11.0 Å². The summed E-state index contributed by atoms with van der Waals surface area (Å²) in [6.07, 6.45) is 14.9. The molecule has 0 aliphatic carbocycles. The van der Waals surface area contributed by atoms with Crippen LogP contribution >= 0.6 is 0 Å². The van der Waals surface area contributed by atoms with Crippen LogP contribution in [0.1, 0.15) is 90.5 Å². The first-order valence-corrected chi connectivity index (χ1v) is 12.2. The van der Waals surface area contributed by atoms with Gasteiger partial charge in [0, 0.05) is 11.8 Å². The van der Waals surface area contributed by atoms with Gasteiger partial charge in [0.05, 0.1) is 11.8 Å². The second-order valence-corrected chi connectivity index (χ2v) is 8.88. The molecule has 0 aliphatic rings. The Labute approximate surface area is 194 Å². The minimum Gasteiger partial charge on any atom is -0.425 e. The van der Waals surface area contributed by atoms with Crippen molar-refractivity contribution in [2.24, 2.45) is 5.41 Å². The number of nitrogens with zero attached hydrogens (tertiary/aromatic N) is 2. The highest BCUT2D eigenvalue weighted by atomic mass is 16.5. The van der Waals surface area contributed by atoms with Gasteiger partial charge >= 0.3 is 5.97 Å². The van der Waals surface area contributed by atoms with Gasteiger partial charge in [-0.15, -0.1) is 0 Å². The molecule has 0 spiro atoms. The predicted octanol–water partition coefficient (Wildman–Crippen LogP) is 7.67. The number of carbonyl (C=O) groups excluding carboxylic acids is 1. The van der Waals surface area contributed by atoms with E-state index in [4.69, 9.17) is 4.74 Å². The normalized spacial score (nSPS) is 12.7. The van der Waals surface area contributed by atoms with Crippen molar-refractivity contribution in [2.45, 2.75) is 91.4 Å². The van der Waals surface area contributed by atoms with Crippen molar-refractivity contribution in [3.63, 3.8) is 0 Å². The van der Waals surface area contributed by atoms with Gasteiger partial charge in [0.2, 0.25) is 0 Å². The Hall–Kier alpha value is -2.67. The Morgan fingerprint density at radius 2 is 1.59 bits per heavy atom. The van der Waals surface area contributed by atoms with Crippen molar-refractivity contribution < 1.29 is 9.53 Å². The molecule has 32 heavy (non-hydrogen) atoms. The lowest BCUT2D eigenvalue weighted by Crippen LogP contribution is -2.30. The van der Waals surface area contributed by atoms with Crippen LogP contribution < -0.4 is 4.74 Å². The third-order valence-electron chi connectivity index (χ3n) is 5.95. The summed E-state index contributed by atoms with van der Waals surface area (Å²) in [6, 6.07) is 13.6. The number of ether oxygens (including phenoxy) is 1. The van der Waals surface area contributed by atoms with E-state index in [1.54, 1.807) is 19.1 Å². The average Bonchev–Trinajstić information content (AvgIpc) is 2.82. The molecule has 2 aromatic rings. The lowest BCUT2D eigenvalue weighted by atomic mass is 9.87. The summed E-state index contributed by atoms with van der Waals surface area (Å²) >= 11 is 0. The Balaban J connectivity index is 1.82. The SMILES string of the molecule is CCCCCCCCCCc1ccc(-c2ccc(OC(=O)C(C)(C#N)CCC)cc2)nc1. The number of hydrogen-bond donors (Lipinski definition) is 0. The quantitative estimate of drug-likeness (QED) is 0.174. The zero-order valence-corrected chi connectivity index (χ0v) is 20.0. The van der Waals surface area contributed by atoms with E-state index in [1.165, 1.54) is 56.9 Å². The summed E-state index contributed by atoms with van der Waals surface area (Å²) in [6.45, 7) is 5.84. The second kappa shape index (κ2) is 13.7. The van der Waals surface area contributed by atoms with Crippen LogP contribution in [0.25, 0.3) is 11.3 Å². The summed E-state index contributed by atoms with van der Waals surface area (Å²) in [5, 5.41) is 9.34. The first kappa shape index (κ1) is 25.6. The fraction of sp³-hybridized carbons (Fsp3) is 0.536. The maximum absolute atomic E-state index is 12.4. The van der Waals surface area contributed by atoms with Gasteiger partial charge in [0.25, 0.3) is 0 Å². The van der Waals surface area contributed by atoms with Crippen LogP contribution in [0, 0.1) is 16.7 Å². The molecule has 0 amide bonds. The molecule has 0 saturated carbocycles. The third kappa shape index (κ3) is 8.11. The maximum Gasteiger partial charge on any atom is 0.331 e. The van der Waals surface area contributed by atoms with Crippen LogP contribution in [0.4, 0.5) is 0 Å². The smallest absolute Gasteiger partial charge is 0.331 e. The highest BCUT2D eigenvalue weighted by molar-refractivity contribution is 5.81. The molecule has 1 unspecified atom stereocenters. The summed E-state index contributed by atoms with van der Waals surface area (Å²) in [7, 11) is 0.